The van der Waals surface area contributed by atoms with Gasteiger partial charge in [-0.15, -0.1) is 0 Å². The zero-order chi connectivity index (χ0) is 21.4. The van der Waals surface area contributed by atoms with Gasteiger partial charge in [-0.25, -0.2) is 0 Å². The summed E-state index contributed by atoms with van der Waals surface area (Å²) in [5.41, 5.74) is 4.70. The Morgan fingerprint density at radius 2 is 1.31 bits per heavy atom. The molecule has 0 heterocycles. The fourth-order valence-corrected chi connectivity index (χ4v) is 3.87. The molecule has 1 N–H and O–H groups in total. The molecule has 0 aliphatic carbocycles. The van der Waals surface area contributed by atoms with Crippen LogP contribution in [0.1, 0.15) is 52.7 Å². The van der Waals surface area contributed by atoms with Crippen molar-refractivity contribution in [1.82, 2.24) is 0 Å². The number of rotatable bonds is 3. The van der Waals surface area contributed by atoms with Crippen LogP contribution in [0.25, 0.3) is 0 Å². The lowest BCUT2D eigenvalue weighted by molar-refractivity contribution is 0.446. The number of nitrogens with zero attached hydrogens (tertiary/aromatic N) is 1. The topological polar surface area (TPSA) is 23.5 Å². The van der Waals surface area contributed by atoms with Crippen LogP contribution in [0.2, 0.25) is 0 Å². The van der Waals surface area contributed by atoms with Crippen molar-refractivity contribution in [1.29, 1.82) is 0 Å². The van der Waals surface area contributed by atoms with Crippen LogP contribution in [0.15, 0.2) is 71.2 Å². The Morgan fingerprint density at radius 3 is 1.86 bits per heavy atom. The summed E-state index contributed by atoms with van der Waals surface area (Å²) in [4.78, 5) is 2.13. The zero-order valence-electron chi connectivity index (χ0n) is 18.1. The third kappa shape index (κ3) is 4.51. The first-order chi connectivity index (χ1) is 13.5. The largest absolute Gasteiger partial charge is 0.505 e. The molecule has 0 atom stereocenters. The smallest absolute Gasteiger partial charge is 0.143 e. The number of halogens is 1. The Hall–Kier alpha value is -2.26. The van der Waals surface area contributed by atoms with E-state index < -0.39 is 0 Å². The van der Waals surface area contributed by atoms with Crippen LogP contribution in [-0.2, 0) is 10.8 Å². The number of anilines is 3. The molecule has 0 fully saturated rings. The maximum Gasteiger partial charge on any atom is 0.143 e. The van der Waals surface area contributed by atoms with Crippen molar-refractivity contribution in [3.63, 3.8) is 0 Å². The summed E-state index contributed by atoms with van der Waals surface area (Å²) in [6.45, 7) is 13.1. The summed E-state index contributed by atoms with van der Waals surface area (Å²) >= 11 is 3.71. The molecule has 0 saturated heterocycles. The van der Waals surface area contributed by atoms with E-state index in [1.165, 1.54) is 5.56 Å². The number of aromatic hydroxyl groups is 1. The minimum atomic E-state index is -0.184. The molecule has 0 radical (unpaired) electrons. The minimum absolute atomic E-state index is 0.0429. The van der Waals surface area contributed by atoms with Crippen LogP contribution in [0.3, 0.4) is 0 Å². The Labute approximate surface area is 183 Å². The second-order valence-corrected chi connectivity index (χ2v) is 10.4. The van der Waals surface area contributed by atoms with E-state index >= 15 is 0 Å². The molecule has 0 amide bonds. The normalized spacial score (nSPS) is 12.1. The van der Waals surface area contributed by atoms with Gasteiger partial charge in [0.05, 0.1) is 11.4 Å². The van der Waals surface area contributed by atoms with E-state index in [4.69, 9.17) is 0 Å². The highest BCUT2D eigenvalue weighted by atomic mass is 79.9. The monoisotopic (exact) mass is 451 g/mol. The van der Waals surface area contributed by atoms with Crippen LogP contribution in [0, 0.1) is 0 Å². The number of hydrogen-bond acceptors (Lipinski definition) is 2. The number of phenolic OH excluding ortho intramolecular Hbond substituents is 1. The molecular weight excluding hydrogens is 422 g/mol. The van der Waals surface area contributed by atoms with Gasteiger partial charge < -0.3 is 10.0 Å². The molecule has 0 aromatic heterocycles. The van der Waals surface area contributed by atoms with Crippen molar-refractivity contribution in [2.24, 2.45) is 0 Å². The van der Waals surface area contributed by atoms with Gasteiger partial charge in [-0.05, 0) is 62.7 Å². The zero-order valence-corrected chi connectivity index (χ0v) is 19.7. The third-order valence-electron chi connectivity index (χ3n) is 5.11. The van der Waals surface area contributed by atoms with Gasteiger partial charge in [0.1, 0.15) is 5.75 Å². The lowest BCUT2D eigenvalue weighted by atomic mass is 9.79. The van der Waals surface area contributed by atoms with Gasteiger partial charge in [0.15, 0.2) is 0 Å². The molecule has 0 bridgehead atoms. The SMILES string of the molecule is CC(C)(C)c1cc(N(c2ccccc2)c2ccccc2Br)c(O)c(C(C)(C)C)c1. The first-order valence-corrected chi connectivity index (χ1v) is 10.8. The molecule has 3 rings (SSSR count). The van der Waals surface area contributed by atoms with Gasteiger partial charge in [-0.2, -0.15) is 0 Å². The Bertz CT molecular complexity index is 997. The van der Waals surface area contributed by atoms with Crippen LogP contribution >= 0.6 is 15.9 Å². The molecule has 3 heteroatoms. The molecule has 0 spiro atoms. The van der Waals surface area contributed by atoms with Crippen molar-refractivity contribution < 1.29 is 5.11 Å². The number of hydrogen-bond donors (Lipinski definition) is 1. The lowest BCUT2D eigenvalue weighted by Gasteiger charge is -2.32. The van der Waals surface area contributed by atoms with E-state index in [0.29, 0.717) is 5.75 Å². The number of benzene rings is 3. The van der Waals surface area contributed by atoms with E-state index in [2.05, 4.69) is 92.7 Å². The van der Waals surface area contributed by atoms with Crippen molar-refractivity contribution in [2.45, 2.75) is 52.4 Å². The molecule has 0 aliphatic heterocycles. The summed E-state index contributed by atoms with van der Waals surface area (Å²) in [5.74, 6) is 0.324. The van der Waals surface area contributed by atoms with E-state index in [9.17, 15) is 5.11 Å². The van der Waals surface area contributed by atoms with E-state index in [1.54, 1.807) is 0 Å². The van der Waals surface area contributed by atoms with Crippen LogP contribution < -0.4 is 4.90 Å². The highest BCUT2D eigenvalue weighted by Gasteiger charge is 2.28. The minimum Gasteiger partial charge on any atom is -0.505 e. The van der Waals surface area contributed by atoms with Crippen LogP contribution in [-0.4, -0.2) is 5.11 Å². The maximum absolute atomic E-state index is 11.4. The molecule has 29 heavy (non-hydrogen) atoms. The highest BCUT2D eigenvalue weighted by molar-refractivity contribution is 9.10. The van der Waals surface area contributed by atoms with Gasteiger partial charge in [0.25, 0.3) is 0 Å². The van der Waals surface area contributed by atoms with Gasteiger partial charge in [0, 0.05) is 15.7 Å². The van der Waals surface area contributed by atoms with E-state index in [-0.39, 0.29) is 10.8 Å². The average molecular weight is 452 g/mol. The fraction of sp³-hybridized carbons (Fsp3) is 0.308. The maximum atomic E-state index is 11.4. The van der Waals surface area contributed by atoms with Gasteiger partial charge in [0.2, 0.25) is 0 Å². The van der Waals surface area contributed by atoms with Crippen molar-refractivity contribution >= 4 is 33.0 Å². The Balaban J connectivity index is 2.38. The molecule has 2 nitrogen and oxygen atoms in total. The molecule has 152 valence electrons. The fourth-order valence-electron chi connectivity index (χ4n) is 3.41. The van der Waals surface area contributed by atoms with Crippen molar-refractivity contribution in [3.05, 3.63) is 82.3 Å². The van der Waals surface area contributed by atoms with E-state index in [1.807, 2.05) is 36.4 Å². The molecule has 0 aliphatic rings. The van der Waals surface area contributed by atoms with Crippen molar-refractivity contribution in [3.8, 4) is 5.75 Å². The predicted octanol–water partition coefficient (Wildman–Crippen LogP) is 8.22. The van der Waals surface area contributed by atoms with Gasteiger partial charge in [-0.3, -0.25) is 0 Å². The van der Waals surface area contributed by atoms with Crippen LogP contribution in [0.4, 0.5) is 17.1 Å². The number of phenols is 1. The summed E-state index contributed by atoms with van der Waals surface area (Å²) in [5, 5.41) is 11.4. The second kappa shape index (κ2) is 7.87. The average Bonchev–Trinajstić information content (AvgIpc) is 2.64. The van der Waals surface area contributed by atoms with Crippen molar-refractivity contribution in [2.75, 3.05) is 4.90 Å². The Morgan fingerprint density at radius 1 is 0.724 bits per heavy atom. The summed E-state index contributed by atoms with van der Waals surface area (Å²) in [6, 6.07) is 22.6. The first kappa shape index (κ1) is 21.4. The van der Waals surface area contributed by atoms with Gasteiger partial charge in [-0.1, -0.05) is 77.9 Å². The standard InChI is InChI=1S/C26H30BrNO/c1-25(2,3)18-16-20(26(4,5)6)24(29)23(17-18)28(19-12-8-7-9-13-19)22-15-11-10-14-21(22)27/h7-17,29H,1-6H3. The lowest BCUT2D eigenvalue weighted by Crippen LogP contribution is -2.19. The predicted molar refractivity (Wildman–Crippen MR) is 128 cm³/mol. The number of para-hydroxylation sites is 2. The second-order valence-electron chi connectivity index (χ2n) is 9.51. The van der Waals surface area contributed by atoms with Crippen LogP contribution in [0.5, 0.6) is 5.75 Å². The molecule has 0 unspecified atom stereocenters. The molecular formula is C26H30BrNO. The molecule has 3 aromatic rings. The summed E-state index contributed by atoms with van der Waals surface area (Å²) < 4.78 is 0.974. The quantitative estimate of drug-likeness (QED) is 0.433. The van der Waals surface area contributed by atoms with E-state index in [0.717, 1.165) is 27.1 Å². The summed E-state index contributed by atoms with van der Waals surface area (Å²) in [6.07, 6.45) is 0. The first-order valence-electron chi connectivity index (χ1n) is 9.98. The Kier molecular flexibility index (Phi) is 5.82. The summed E-state index contributed by atoms with van der Waals surface area (Å²) in [7, 11) is 0. The van der Waals surface area contributed by atoms with Gasteiger partial charge >= 0.3 is 0 Å². The highest BCUT2D eigenvalue weighted by Crippen LogP contribution is 2.47. The third-order valence-corrected chi connectivity index (χ3v) is 5.78. The molecule has 3 aromatic carbocycles. The molecule has 0 saturated carbocycles.